The molecule has 9 nitrogen and oxygen atoms in total. The Hall–Kier alpha value is -1.94. The third kappa shape index (κ3) is 2.83. The minimum atomic E-state index is -0.927. The first kappa shape index (κ1) is 15.9. The van der Waals surface area contributed by atoms with Crippen LogP contribution in [0.1, 0.15) is 0 Å². The third-order valence-electron chi connectivity index (χ3n) is 3.80. The van der Waals surface area contributed by atoms with Crippen LogP contribution in [0.5, 0.6) is 0 Å². The molecule has 1 fully saturated rings. The molecule has 1 aliphatic heterocycles. The van der Waals surface area contributed by atoms with Gasteiger partial charge in [-0.2, -0.15) is 4.68 Å². The summed E-state index contributed by atoms with van der Waals surface area (Å²) in [6.07, 6.45) is 0. The van der Waals surface area contributed by atoms with Crippen LogP contribution in [0.2, 0.25) is 5.02 Å². The van der Waals surface area contributed by atoms with Crippen molar-refractivity contribution < 1.29 is 9.53 Å². The molecule has 0 aliphatic carbocycles. The lowest BCUT2D eigenvalue weighted by Crippen LogP contribution is -2.64. The van der Waals surface area contributed by atoms with E-state index in [0.29, 0.717) is 30.2 Å². The van der Waals surface area contributed by atoms with Gasteiger partial charge in [0.05, 0.1) is 18.7 Å². The molecular weight excluding hydrogens is 322 g/mol. The van der Waals surface area contributed by atoms with Crippen LogP contribution in [0.25, 0.3) is 11.0 Å². The second-order valence-electron chi connectivity index (χ2n) is 5.52. The van der Waals surface area contributed by atoms with Crippen molar-refractivity contribution in [1.82, 2.24) is 30.3 Å². The molecule has 1 aromatic heterocycles. The largest absolute Gasteiger partial charge is 0.351 e. The van der Waals surface area contributed by atoms with Gasteiger partial charge in [-0.05, 0) is 32.3 Å². The van der Waals surface area contributed by atoms with Crippen LogP contribution < -0.4 is 11.2 Å². The topological polar surface area (TPSA) is 102 Å². The summed E-state index contributed by atoms with van der Waals surface area (Å²) in [7, 11) is 3.74. The lowest BCUT2D eigenvalue weighted by atomic mass is 10.2. The Kier molecular flexibility index (Phi) is 4.11. The Morgan fingerprint density at radius 1 is 1.52 bits per heavy atom. The highest BCUT2D eigenvalue weighted by atomic mass is 35.5. The molecule has 0 saturated carbocycles. The Labute approximate surface area is 137 Å². The number of carbonyl (C=O) groups is 1. The zero-order valence-corrected chi connectivity index (χ0v) is 13.6. The van der Waals surface area contributed by atoms with Crippen molar-refractivity contribution in [3.8, 4) is 0 Å². The second-order valence-corrected chi connectivity index (χ2v) is 5.95. The number of carbonyl (C=O) groups excluding carboxylic acids is 1. The van der Waals surface area contributed by atoms with Crippen molar-refractivity contribution in [1.29, 1.82) is 0 Å². The van der Waals surface area contributed by atoms with E-state index in [0.717, 1.165) is 5.52 Å². The fourth-order valence-corrected chi connectivity index (χ4v) is 2.85. The Morgan fingerprint density at radius 3 is 3.00 bits per heavy atom. The number of nitrogens with zero attached hydrogens (tertiary/aromatic N) is 5. The maximum Gasteiger partial charge on any atom is 0.326 e. The summed E-state index contributed by atoms with van der Waals surface area (Å²) in [4.78, 5) is 13.0. The van der Waals surface area contributed by atoms with Gasteiger partial charge in [0.1, 0.15) is 5.52 Å². The molecule has 1 unspecified atom stereocenters. The fourth-order valence-electron chi connectivity index (χ4n) is 2.69. The van der Waals surface area contributed by atoms with Gasteiger partial charge >= 0.3 is 6.03 Å². The number of amides is 2. The normalized spacial score (nSPS) is 22.6. The van der Waals surface area contributed by atoms with Crippen LogP contribution in [-0.2, 0) is 10.6 Å². The van der Waals surface area contributed by atoms with Crippen molar-refractivity contribution >= 4 is 28.7 Å². The summed E-state index contributed by atoms with van der Waals surface area (Å²) >= 11 is 6.00. The number of benzene rings is 1. The zero-order chi connectivity index (χ0) is 16.6. The first-order chi connectivity index (χ1) is 10.9. The second kappa shape index (κ2) is 5.93. The standard InChI is InChI=1S/C13H18ClN7O2/c1-19(2)13(8-20(5-6-23-13)17-12(15)22)21-11-4-3-9(14)7-10(11)16-18-21/h3-4,7H,5-6,8H2,1-2H3,(H3,15,17,22). The van der Waals surface area contributed by atoms with Gasteiger partial charge in [-0.25, -0.2) is 9.80 Å². The SMILES string of the molecule is CN(C)C1(n2nnc3cc(Cl)ccc32)CN(NC(N)=O)CCO1. The maximum atomic E-state index is 11.2. The molecule has 23 heavy (non-hydrogen) atoms. The van der Waals surface area contributed by atoms with Crippen molar-refractivity contribution in [2.24, 2.45) is 5.73 Å². The van der Waals surface area contributed by atoms with E-state index in [1.54, 1.807) is 21.8 Å². The number of halogens is 1. The van der Waals surface area contributed by atoms with E-state index >= 15 is 0 Å². The molecule has 124 valence electrons. The highest BCUT2D eigenvalue weighted by Gasteiger charge is 2.43. The molecule has 1 atom stereocenters. The highest BCUT2D eigenvalue weighted by Crippen LogP contribution is 2.29. The van der Waals surface area contributed by atoms with Gasteiger partial charge in [0.25, 0.3) is 0 Å². The number of primary amides is 1. The van der Waals surface area contributed by atoms with E-state index in [2.05, 4.69) is 15.7 Å². The number of morpholine rings is 1. The van der Waals surface area contributed by atoms with Gasteiger partial charge in [-0.1, -0.05) is 16.8 Å². The molecule has 10 heteroatoms. The molecule has 0 spiro atoms. The van der Waals surface area contributed by atoms with Crippen LogP contribution in [-0.4, -0.2) is 64.7 Å². The van der Waals surface area contributed by atoms with Gasteiger partial charge in [0, 0.05) is 11.6 Å². The van der Waals surface area contributed by atoms with Crippen LogP contribution in [0.3, 0.4) is 0 Å². The summed E-state index contributed by atoms with van der Waals surface area (Å²) in [5.41, 5.74) is 9.26. The number of nitrogens with one attached hydrogen (secondary N) is 1. The number of hydrogen-bond acceptors (Lipinski definition) is 6. The van der Waals surface area contributed by atoms with Crippen LogP contribution >= 0.6 is 11.6 Å². The van der Waals surface area contributed by atoms with Crippen molar-refractivity contribution in [2.75, 3.05) is 33.8 Å². The summed E-state index contributed by atoms with van der Waals surface area (Å²) in [5.74, 6) is -0.927. The van der Waals surface area contributed by atoms with Crippen LogP contribution in [0, 0.1) is 0 Å². The average Bonchev–Trinajstić information content (AvgIpc) is 2.89. The third-order valence-corrected chi connectivity index (χ3v) is 4.03. The number of nitrogens with two attached hydrogens (primary N) is 1. The van der Waals surface area contributed by atoms with Gasteiger partial charge < -0.3 is 10.5 Å². The zero-order valence-electron chi connectivity index (χ0n) is 12.9. The minimum Gasteiger partial charge on any atom is -0.351 e. The number of likely N-dealkylation sites (N-methyl/N-ethyl adjacent to an activating group) is 1. The monoisotopic (exact) mass is 339 g/mol. The number of ether oxygens (including phenoxy) is 1. The fraction of sp³-hybridized carbons (Fsp3) is 0.462. The molecular formula is C13H18ClN7O2. The maximum absolute atomic E-state index is 11.2. The van der Waals surface area contributed by atoms with E-state index in [9.17, 15) is 4.79 Å². The molecule has 2 aromatic rings. The van der Waals surface area contributed by atoms with E-state index in [-0.39, 0.29) is 0 Å². The number of hydrazine groups is 1. The lowest BCUT2D eigenvalue weighted by Gasteiger charge is -2.45. The average molecular weight is 340 g/mol. The van der Waals surface area contributed by atoms with E-state index in [1.807, 2.05) is 25.1 Å². The van der Waals surface area contributed by atoms with E-state index in [4.69, 9.17) is 22.1 Å². The first-order valence-corrected chi connectivity index (χ1v) is 7.44. The van der Waals surface area contributed by atoms with Crippen molar-refractivity contribution in [3.63, 3.8) is 0 Å². The number of aromatic nitrogens is 3. The van der Waals surface area contributed by atoms with Gasteiger partial charge in [0.15, 0.2) is 0 Å². The number of urea groups is 1. The summed E-state index contributed by atoms with van der Waals surface area (Å²) in [5, 5.41) is 10.7. The van der Waals surface area contributed by atoms with Crippen molar-refractivity contribution in [3.05, 3.63) is 23.2 Å². The number of hydrogen-bond donors (Lipinski definition) is 2. The predicted octanol–water partition coefficient (Wildman–Crippen LogP) is 0.172. The van der Waals surface area contributed by atoms with E-state index < -0.39 is 11.9 Å². The number of rotatable bonds is 3. The van der Waals surface area contributed by atoms with Crippen LogP contribution in [0.15, 0.2) is 18.2 Å². The molecule has 3 rings (SSSR count). The van der Waals surface area contributed by atoms with Gasteiger partial charge in [-0.3, -0.25) is 10.3 Å². The van der Waals surface area contributed by atoms with E-state index in [1.165, 1.54) is 0 Å². The molecule has 2 amide bonds. The smallest absolute Gasteiger partial charge is 0.326 e. The molecule has 0 radical (unpaired) electrons. The number of fused-ring (bicyclic) bond motifs is 1. The highest BCUT2D eigenvalue weighted by molar-refractivity contribution is 6.31. The van der Waals surface area contributed by atoms with Crippen molar-refractivity contribution in [2.45, 2.75) is 5.85 Å². The Morgan fingerprint density at radius 2 is 2.30 bits per heavy atom. The molecule has 2 heterocycles. The Bertz CT molecular complexity index is 734. The lowest BCUT2D eigenvalue weighted by molar-refractivity contribution is -0.246. The molecule has 1 saturated heterocycles. The van der Waals surface area contributed by atoms with Gasteiger partial charge in [-0.15, -0.1) is 5.10 Å². The molecule has 0 bridgehead atoms. The minimum absolute atomic E-state index is 0.337. The molecule has 1 aromatic carbocycles. The summed E-state index contributed by atoms with van der Waals surface area (Å²) < 4.78 is 7.73. The first-order valence-electron chi connectivity index (χ1n) is 7.06. The predicted molar refractivity (Wildman–Crippen MR) is 84.4 cm³/mol. The summed E-state index contributed by atoms with van der Waals surface area (Å²) in [6, 6.07) is 4.74. The Balaban J connectivity index is 2.04. The van der Waals surface area contributed by atoms with Gasteiger partial charge in [0.2, 0.25) is 5.85 Å². The summed E-state index contributed by atoms with van der Waals surface area (Å²) in [6.45, 7) is 1.26. The molecule has 1 aliphatic rings. The van der Waals surface area contributed by atoms with Crippen LogP contribution in [0.4, 0.5) is 4.79 Å². The quantitative estimate of drug-likeness (QED) is 0.826. The molecule has 3 N–H and O–H groups in total.